The van der Waals surface area contributed by atoms with Crippen molar-refractivity contribution < 1.29 is 23.5 Å². The number of piperidine rings is 1. The second kappa shape index (κ2) is 10.2. The maximum absolute atomic E-state index is 13.7. The van der Waals surface area contributed by atoms with Crippen LogP contribution in [0.4, 0.5) is 4.39 Å². The van der Waals surface area contributed by atoms with Gasteiger partial charge in [0.05, 0.1) is 31.4 Å². The number of ether oxygens (including phenoxy) is 2. The van der Waals surface area contributed by atoms with Gasteiger partial charge < -0.3 is 23.8 Å². The Kier molecular flexibility index (Phi) is 6.93. The smallest absolute Gasteiger partial charge is 0.380 e. The summed E-state index contributed by atoms with van der Waals surface area (Å²) in [7, 11) is 1.64. The Balaban J connectivity index is 1.54. The summed E-state index contributed by atoms with van der Waals surface area (Å²) in [5.74, 6) is 0.276. The monoisotopic (exact) mass is 616 g/mol. The number of aromatic nitrogens is 2. The number of hydrogen-bond acceptors (Lipinski definition) is 7. The van der Waals surface area contributed by atoms with E-state index in [0.717, 1.165) is 38.9 Å². The first-order valence-corrected chi connectivity index (χ1v) is 13.0. The fourth-order valence-corrected chi connectivity index (χ4v) is 5.29. The number of benzene rings is 2. The number of aryl methyl sites for hydroxylation is 1. The van der Waals surface area contributed by atoms with Crippen molar-refractivity contribution in [1.29, 1.82) is 0 Å². The first-order valence-electron chi connectivity index (χ1n) is 11.9. The highest BCUT2D eigenvalue weighted by molar-refractivity contribution is 14.1. The molecule has 3 aromatic rings. The Labute approximate surface area is 227 Å². The van der Waals surface area contributed by atoms with Crippen LogP contribution in [-0.2, 0) is 20.1 Å². The summed E-state index contributed by atoms with van der Waals surface area (Å²) in [4.78, 5) is 25.3. The molecule has 0 saturated carbocycles. The summed E-state index contributed by atoms with van der Waals surface area (Å²) in [5, 5.41) is 4.36. The van der Waals surface area contributed by atoms with Gasteiger partial charge in [0.15, 0.2) is 5.84 Å². The lowest BCUT2D eigenvalue weighted by Crippen LogP contribution is -2.54. The van der Waals surface area contributed by atoms with E-state index in [2.05, 4.69) is 32.7 Å². The zero-order valence-electron chi connectivity index (χ0n) is 20.7. The van der Waals surface area contributed by atoms with Crippen molar-refractivity contribution in [3.63, 3.8) is 0 Å². The maximum Gasteiger partial charge on any atom is 0.380 e. The van der Waals surface area contributed by atoms with Crippen LogP contribution < -0.4 is 4.74 Å². The SMILES string of the molecule is CCOC(=O)C1(c2ccc(F)cc2)ON=C2C(=Cc3cc(OC)c(-n4cnc(C)c4)cc3I)CCCN21. The third kappa shape index (κ3) is 4.47. The molecule has 5 rings (SSSR count). The Morgan fingerprint density at radius 1 is 1.30 bits per heavy atom. The van der Waals surface area contributed by atoms with Gasteiger partial charge in [-0.1, -0.05) is 5.16 Å². The standard InChI is InChI=1S/C27H26FIN4O4/c1-4-36-26(34)27(20-7-9-21(28)10-8-20)33-11-5-6-18(25(33)31-37-27)12-19-13-24(35-3)23(14-22(19)29)32-15-17(2)30-16-32/h7-10,12-16H,4-6,11H2,1-3H3. The zero-order chi connectivity index (χ0) is 26.2. The van der Waals surface area contributed by atoms with Gasteiger partial charge in [0.1, 0.15) is 11.6 Å². The lowest BCUT2D eigenvalue weighted by Gasteiger charge is -2.37. The maximum atomic E-state index is 13.7. The summed E-state index contributed by atoms with van der Waals surface area (Å²) < 4.78 is 27.7. The molecule has 2 aliphatic rings. The molecule has 8 nitrogen and oxygen atoms in total. The Hall–Kier alpha value is -3.41. The fraction of sp³-hybridized carbons (Fsp3) is 0.296. The van der Waals surface area contributed by atoms with Gasteiger partial charge >= 0.3 is 11.7 Å². The van der Waals surface area contributed by atoms with E-state index in [4.69, 9.17) is 14.3 Å². The molecule has 0 amide bonds. The van der Waals surface area contributed by atoms with Crippen LogP contribution in [0.25, 0.3) is 11.8 Å². The van der Waals surface area contributed by atoms with Crippen molar-refractivity contribution in [1.82, 2.24) is 14.5 Å². The first-order chi connectivity index (χ1) is 17.9. The quantitative estimate of drug-likeness (QED) is 0.281. The van der Waals surface area contributed by atoms with E-state index in [1.165, 1.54) is 24.3 Å². The molecular weight excluding hydrogens is 590 g/mol. The number of rotatable bonds is 6. The van der Waals surface area contributed by atoms with Crippen molar-refractivity contribution in [2.24, 2.45) is 5.16 Å². The largest absolute Gasteiger partial charge is 0.495 e. The summed E-state index contributed by atoms with van der Waals surface area (Å²) in [5.41, 5.74) is 2.53. The van der Waals surface area contributed by atoms with Crippen LogP contribution in [-0.4, -0.2) is 46.5 Å². The lowest BCUT2D eigenvalue weighted by molar-refractivity contribution is -0.189. The van der Waals surface area contributed by atoms with Gasteiger partial charge in [-0.15, -0.1) is 0 Å². The van der Waals surface area contributed by atoms with Gasteiger partial charge in [0.2, 0.25) is 0 Å². The number of halogens is 2. The average molecular weight is 616 g/mol. The van der Waals surface area contributed by atoms with Crippen molar-refractivity contribution in [2.45, 2.75) is 32.4 Å². The van der Waals surface area contributed by atoms with Crippen molar-refractivity contribution >= 4 is 40.5 Å². The topological polar surface area (TPSA) is 78.2 Å². The zero-order valence-corrected chi connectivity index (χ0v) is 22.9. The van der Waals surface area contributed by atoms with Crippen LogP contribution in [0.5, 0.6) is 5.75 Å². The molecular formula is C27H26FIN4O4. The number of amidine groups is 1. The molecule has 1 unspecified atom stereocenters. The predicted octanol–water partition coefficient (Wildman–Crippen LogP) is 5.17. The molecule has 3 heterocycles. The minimum Gasteiger partial charge on any atom is -0.495 e. The molecule has 0 radical (unpaired) electrons. The highest BCUT2D eigenvalue weighted by Crippen LogP contribution is 2.42. The van der Waals surface area contributed by atoms with Crippen molar-refractivity contribution in [3.8, 4) is 11.4 Å². The van der Waals surface area contributed by atoms with E-state index < -0.39 is 17.5 Å². The van der Waals surface area contributed by atoms with E-state index >= 15 is 0 Å². The van der Waals surface area contributed by atoms with Gasteiger partial charge in [-0.05, 0) is 103 Å². The minimum absolute atomic E-state index is 0.178. The van der Waals surface area contributed by atoms with Gasteiger partial charge in [0, 0.05) is 21.9 Å². The summed E-state index contributed by atoms with van der Waals surface area (Å²) in [6.45, 7) is 4.39. The number of methoxy groups -OCH3 is 1. The first kappa shape index (κ1) is 25.2. The van der Waals surface area contributed by atoms with Crippen LogP contribution in [0.1, 0.15) is 36.6 Å². The molecule has 0 bridgehead atoms. The number of imidazole rings is 1. The van der Waals surface area contributed by atoms with Crippen molar-refractivity contribution in [3.05, 3.63) is 80.7 Å². The van der Waals surface area contributed by atoms with E-state index in [-0.39, 0.29) is 6.61 Å². The second-order valence-electron chi connectivity index (χ2n) is 8.77. The highest BCUT2D eigenvalue weighted by atomic mass is 127. The van der Waals surface area contributed by atoms with Gasteiger partial charge in [-0.25, -0.2) is 14.2 Å². The van der Waals surface area contributed by atoms with Gasteiger partial charge in [-0.3, -0.25) is 0 Å². The summed E-state index contributed by atoms with van der Waals surface area (Å²) in [6, 6.07) is 9.70. The third-order valence-corrected chi connectivity index (χ3v) is 7.35. The van der Waals surface area contributed by atoms with E-state index in [1.807, 2.05) is 40.8 Å². The Morgan fingerprint density at radius 3 is 2.76 bits per heavy atom. The molecule has 0 aliphatic carbocycles. The molecule has 0 spiro atoms. The van der Waals surface area contributed by atoms with E-state index in [0.29, 0.717) is 23.7 Å². The number of carbonyl (C=O) groups excluding carboxylic acids is 1. The molecule has 2 aromatic carbocycles. The van der Waals surface area contributed by atoms with Crippen LogP contribution in [0, 0.1) is 16.3 Å². The molecule has 192 valence electrons. The molecule has 1 fully saturated rings. The summed E-state index contributed by atoms with van der Waals surface area (Å²) >= 11 is 2.30. The predicted molar refractivity (Wildman–Crippen MR) is 145 cm³/mol. The van der Waals surface area contributed by atoms with Gasteiger partial charge in [0.25, 0.3) is 0 Å². The summed E-state index contributed by atoms with van der Waals surface area (Å²) in [6.07, 6.45) is 7.28. The molecule has 10 heteroatoms. The van der Waals surface area contributed by atoms with Crippen LogP contribution >= 0.6 is 22.6 Å². The molecule has 1 aromatic heterocycles. The van der Waals surface area contributed by atoms with Crippen LogP contribution in [0.3, 0.4) is 0 Å². The Morgan fingerprint density at radius 2 is 2.08 bits per heavy atom. The Bertz CT molecular complexity index is 1400. The number of esters is 1. The number of nitrogens with zero attached hydrogens (tertiary/aromatic N) is 4. The van der Waals surface area contributed by atoms with E-state index in [1.54, 1.807) is 20.4 Å². The number of carbonyl (C=O) groups is 1. The van der Waals surface area contributed by atoms with Gasteiger partial charge in [-0.2, -0.15) is 0 Å². The molecule has 2 aliphatic heterocycles. The number of oxime groups is 1. The fourth-order valence-electron chi connectivity index (χ4n) is 4.68. The number of fused-ring (bicyclic) bond motifs is 1. The molecule has 37 heavy (non-hydrogen) atoms. The molecule has 1 atom stereocenters. The normalized spacial score (nSPS) is 19.9. The number of hydrogen-bond donors (Lipinski definition) is 0. The molecule has 0 N–H and O–H groups in total. The van der Waals surface area contributed by atoms with Crippen LogP contribution in [0.2, 0.25) is 0 Å². The van der Waals surface area contributed by atoms with Crippen molar-refractivity contribution in [2.75, 3.05) is 20.3 Å². The average Bonchev–Trinajstić information content (AvgIpc) is 3.51. The second-order valence-corrected chi connectivity index (χ2v) is 9.93. The third-order valence-electron chi connectivity index (χ3n) is 6.42. The lowest BCUT2D eigenvalue weighted by atomic mass is 9.94. The minimum atomic E-state index is -1.60. The van der Waals surface area contributed by atoms with Crippen LogP contribution in [0.15, 0.2) is 59.7 Å². The van der Waals surface area contributed by atoms with E-state index in [9.17, 15) is 9.18 Å². The molecule has 1 saturated heterocycles. The highest BCUT2D eigenvalue weighted by Gasteiger charge is 2.57.